The smallest absolute Gasteiger partial charge is 0.248 e. The summed E-state index contributed by atoms with van der Waals surface area (Å²) in [4.78, 5) is 10.2. The number of aromatic nitrogens is 3. The molecule has 0 aliphatic carbocycles. The van der Waals surface area contributed by atoms with Gasteiger partial charge in [-0.2, -0.15) is 4.98 Å². The predicted octanol–water partition coefficient (Wildman–Crippen LogP) is 3.19. The molecule has 0 spiro atoms. The van der Waals surface area contributed by atoms with Crippen LogP contribution in [0, 0.1) is 0 Å². The molecule has 3 aromatic heterocycles. The summed E-state index contributed by atoms with van der Waals surface area (Å²) >= 11 is 5.14. The lowest BCUT2D eigenvalue weighted by Gasteiger charge is -2.20. The van der Waals surface area contributed by atoms with Gasteiger partial charge in [-0.05, 0) is 51.5 Å². The van der Waals surface area contributed by atoms with E-state index in [1.807, 2.05) is 12.1 Å². The molecule has 4 heterocycles. The molecule has 3 aromatic rings. The lowest BCUT2D eigenvalue weighted by Crippen LogP contribution is -2.29. The molecule has 1 atom stereocenters. The maximum atomic E-state index is 5.44. The van der Waals surface area contributed by atoms with E-state index in [4.69, 9.17) is 4.52 Å². The molecule has 0 aromatic carbocycles. The van der Waals surface area contributed by atoms with Gasteiger partial charge in [0.05, 0.1) is 0 Å². The van der Waals surface area contributed by atoms with E-state index in [-0.39, 0.29) is 6.04 Å². The molecule has 0 amide bonds. The number of hydrogen-bond acceptors (Lipinski definition) is 6. The van der Waals surface area contributed by atoms with Crippen molar-refractivity contribution in [2.45, 2.75) is 12.5 Å². The van der Waals surface area contributed by atoms with E-state index in [1.54, 1.807) is 17.5 Å². The highest BCUT2D eigenvalue weighted by molar-refractivity contribution is 9.10. The third-order valence-electron chi connectivity index (χ3n) is 3.44. The van der Waals surface area contributed by atoms with E-state index in [0.29, 0.717) is 17.4 Å². The van der Waals surface area contributed by atoms with Crippen molar-refractivity contribution in [1.29, 1.82) is 0 Å². The molecule has 1 unspecified atom stereocenters. The van der Waals surface area contributed by atoms with Gasteiger partial charge in [-0.15, -0.1) is 11.3 Å². The number of nitrogens with one attached hydrogen (secondary N) is 1. The van der Waals surface area contributed by atoms with E-state index in [2.05, 4.69) is 47.8 Å². The summed E-state index contributed by atoms with van der Waals surface area (Å²) in [5.41, 5.74) is 1.94. The van der Waals surface area contributed by atoms with Gasteiger partial charge in [0.15, 0.2) is 0 Å². The van der Waals surface area contributed by atoms with Crippen LogP contribution in [0.1, 0.15) is 22.4 Å². The zero-order valence-electron chi connectivity index (χ0n) is 10.9. The number of hydrogen-bond donors (Lipinski definition) is 1. The van der Waals surface area contributed by atoms with Gasteiger partial charge in [-0.25, -0.2) is 0 Å². The third kappa shape index (κ3) is 2.41. The van der Waals surface area contributed by atoms with E-state index < -0.39 is 0 Å². The van der Waals surface area contributed by atoms with Crippen LogP contribution in [0.15, 0.2) is 38.8 Å². The van der Waals surface area contributed by atoms with E-state index >= 15 is 0 Å². The Labute approximate surface area is 133 Å². The maximum Gasteiger partial charge on any atom is 0.248 e. The molecule has 4 rings (SSSR count). The average Bonchev–Trinajstić information content (AvgIpc) is 3.16. The summed E-state index contributed by atoms with van der Waals surface area (Å²) in [6.07, 6.45) is 2.78. The Bertz CT molecular complexity index is 767. The molecule has 7 heteroatoms. The Balaban J connectivity index is 1.68. The summed E-state index contributed by atoms with van der Waals surface area (Å²) in [6, 6.07) is 5.88. The van der Waals surface area contributed by atoms with Gasteiger partial charge in [-0.3, -0.25) is 4.98 Å². The van der Waals surface area contributed by atoms with E-state index in [1.165, 1.54) is 10.4 Å². The van der Waals surface area contributed by atoms with Crippen molar-refractivity contribution in [1.82, 2.24) is 20.4 Å². The first-order valence-electron chi connectivity index (χ1n) is 6.56. The van der Waals surface area contributed by atoms with E-state index in [0.717, 1.165) is 17.4 Å². The van der Waals surface area contributed by atoms with Crippen molar-refractivity contribution >= 4 is 27.3 Å². The minimum absolute atomic E-state index is 0.0169. The highest BCUT2D eigenvalue weighted by atomic mass is 79.9. The lowest BCUT2D eigenvalue weighted by atomic mass is 10.0. The normalized spacial score (nSPS) is 17.7. The van der Waals surface area contributed by atoms with Gasteiger partial charge < -0.3 is 9.84 Å². The zero-order valence-corrected chi connectivity index (χ0v) is 13.3. The van der Waals surface area contributed by atoms with E-state index in [9.17, 15) is 0 Å². The number of nitrogens with zero attached hydrogens (tertiary/aromatic N) is 3. The predicted molar refractivity (Wildman–Crippen MR) is 83.1 cm³/mol. The van der Waals surface area contributed by atoms with Crippen LogP contribution in [-0.4, -0.2) is 21.7 Å². The first-order chi connectivity index (χ1) is 10.3. The van der Waals surface area contributed by atoms with Crippen molar-refractivity contribution in [3.8, 4) is 11.5 Å². The largest absolute Gasteiger partial charge is 0.337 e. The van der Waals surface area contributed by atoms with Gasteiger partial charge in [0.25, 0.3) is 0 Å². The third-order valence-corrected chi connectivity index (χ3v) is 4.90. The van der Waals surface area contributed by atoms with Crippen LogP contribution >= 0.6 is 27.3 Å². The molecule has 0 fully saturated rings. The van der Waals surface area contributed by atoms with Crippen LogP contribution in [0.4, 0.5) is 0 Å². The zero-order chi connectivity index (χ0) is 14.2. The van der Waals surface area contributed by atoms with Crippen molar-refractivity contribution in [3.63, 3.8) is 0 Å². The molecule has 0 saturated heterocycles. The molecule has 5 nitrogen and oxygen atoms in total. The Morgan fingerprint density at radius 3 is 3.14 bits per heavy atom. The summed E-state index contributed by atoms with van der Waals surface area (Å²) in [7, 11) is 0. The Hall–Kier alpha value is -1.57. The summed E-state index contributed by atoms with van der Waals surface area (Å²) < 4.78 is 6.37. The van der Waals surface area contributed by atoms with Crippen LogP contribution < -0.4 is 5.32 Å². The van der Waals surface area contributed by atoms with Crippen molar-refractivity contribution in [2.75, 3.05) is 6.54 Å². The van der Waals surface area contributed by atoms with Crippen molar-refractivity contribution < 1.29 is 4.52 Å². The van der Waals surface area contributed by atoms with Crippen molar-refractivity contribution in [3.05, 3.63) is 50.6 Å². The number of thiophene rings is 1. The molecule has 106 valence electrons. The fourth-order valence-electron chi connectivity index (χ4n) is 2.44. The van der Waals surface area contributed by atoms with Gasteiger partial charge in [0.2, 0.25) is 11.7 Å². The minimum atomic E-state index is -0.0169. The molecular formula is C14H11BrN4OS. The summed E-state index contributed by atoms with van der Waals surface area (Å²) in [5.74, 6) is 1.11. The first-order valence-corrected chi connectivity index (χ1v) is 8.24. The maximum absolute atomic E-state index is 5.44. The second kappa shape index (κ2) is 5.32. The topological polar surface area (TPSA) is 63.8 Å². The quantitative estimate of drug-likeness (QED) is 0.758. The molecular weight excluding hydrogens is 352 g/mol. The van der Waals surface area contributed by atoms with Crippen LogP contribution in [0.25, 0.3) is 11.5 Å². The van der Waals surface area contributed by atoms with Crippen LogP contribution in [0.3, 0.4) is 0 Å². The molecule has 1 aliphatic heterocycles. The molecule has 0 saturated carbocycles. The summed E-state index contributed by atoms with van der Waals surface area (Å²) in [6.45, 7) is 0.923. The lowest BCUT2D eigenvalue weighted by molar-refractivity contribution is 0.344. The van der Waals surface area contributed by atoms with Crippen LogP contribution in [-0.2, 0) is 6.42 Å². The number of halogens is 1. The Morgan fingerprint density at radius 2 is 2.29 bits per heavy atom. The van der Waals surface area contributed by atoms with Gasteiger partial charge >= 0.3 is 0 Å². The number of pyridine rings is 1. The second-order valence-electron chi connectivity index (χ2n) is 4.75. The average molecular weight is 363 g/mol. The standard InChI is InChI=1S/C14H11BrN4OS/c15-8-1-2-10(17-7-8)13-18-14(20-19-13)12-9-4-6-21-11(9)3-5-16-12/h1-2,4,6-7,12,16H,3,5H2. The molecule has 0 bridgehead atoms. The van der Waals surface area contributed by atoms with Gasteiger partial charge in [-0.1, -0.05) is 5.16 Å². The van der Waals surface area contributed by atoms with Crippen molar-refractivity contribution in [2.24, 2.45) is 0 Å². The van der Waals surface area contributed by atoms with Crippen LogP contribution in [0.2, 0.25) is 0 Å². The fourth-order valence-corrected chi connectivity index (χ4v) is 3.59. The van der Waals surface area contributed by atoms with Gasteiger partial charge in [0.1, 0.15) is 11.7 Å². The minimum Gasteiger partial charge on any atom is -0.337 e. The summed E-state index contributed by atoms with van der Waals surface area (Å²) in [5, 5.41) is 9.59. The second-order valence-corrected chi connectivity index (χ2v) is 6.67. The fraction of sp³-hybridized carbons (Fsp3) is 0.214. The molecule has 1 N–H and O–H groups in total. The number of fused-ring (bicyclic) bond motifs is 1. The monoisotopic (exact) mass is 362 g/mol. The highest BCUT2D eigenvalue weighted by Gasteiger charge is 2.27. The SMILES string of the molecule is Brc1ccc(-c2noc(C3NCCc4sccc43)n2)nc1. The first kappa shape index (κ1) is 13.1. The Kier molecular flexibility index (Phi) is 3.33. The Morgan fingerprint density at radius 1 is 1.33 bits per heavy atom. The highest BCUT2D eigenvalue weighted by Crippen LogP contribution is 2.31. The number of rotatable bonds is 2. The molecule has 0 radical (unpaired) electrons. The molecule has 1 aliphatic rings. The molecule has 21 heavy (non-hydrogen) atoms. The van der Waals surface area contributed by atoms with Gasteiger partial charge in [0, 0.05) is 22.1 Å². The van der Waals surface area contributed by atoms with Crippen LogP contribution in [0.5, 0.6) is 0 Å².